The van der Waals surface area contributed by atoms with Crippen LogP contribution in [0.4, 0.5) is 0 Å². The molecule has 3 aliphatic rings. The van der Waals surface area contributed by atoms with E-state index in [0.717, 1.165) is 45.3 Å². The fourth-order valence-corrected chi connectivity index (χ4v) is 4.23. The number of aliphatic imine (C=N–C) groups is 1. The Morgan fingerprint density at radius 1 is 1.27 bits per heavy atom. The molecule has 1 saturated carbocycles. The van der Waals surface area contributed by atoms with Crippen molar-refractivity contribution in [2.75, 3.05) is 32.9 Å². The summed E-state index contributed by atoms with van der Waals surface area (Å²) in [6.45, 7) is 11.2. The Bertz CT molecular complexity index is 405. The molecule has 22 heavy (non-hydrogen) atoms. The SMILES string of the molecule is CCNC(=NCC1CCOC1)NC1C2CCCOC2C1(C)C. The van der Waals surface area contributed by atoms with E-state index in [1.54, 1.807) is 0 Å². The molecule has 0 aromatic heterocycles. The van der Waals surface area contributed by atoms with E-state index < -0.39 is 0 Å². The Labute approximate surface area is 134 Å². The summed E-state index contributed by atoms with van der Waals surface area (Å²) in [5, 5.41) is 7.08. The number of hydrogen-bond acceptors (Lipinski definition) is 3. The van der Waals surface area contributed by atoms with Crippen molar-refractivity contribution in [3.8, 4) is 0 Å². The Morgan fingerprint density at radius 2 is 2.14 bits per heavy atom. The third-order valence-corrected chi connectivity index (χ3v) is 5.50. The van der Waals surface area contributed by atoms with E-state index in [-0.39, 0.29) is 5.41 Å². The molecular formula is C17H31N3O2. The molecule has 2 heterocycles. The van der Waals surface area contributed by atoms with E-state index in [4.69, 9.17) is 14.5 Å². The third kappa shape index (κ3) is 3.11. The van der Waals surface area contributed by atoms with Crippen LogP contribution in [0.1, 0.15) is 40.0 Å². The van der Waals surface area contributed by atoms with Gasteiger partial charge in [0.15, 0.2) is 5.96 Å². The molecule has 5 heteroatoms. The minimum Gasteiger partial charge on any atom is -0.381 e. The summed E-state index contributed by atoms with van der Waals surface area (Å²) in [5.41, 5.74) is 0.178. The van der Waals surface area contributed by atoms with Crippen molar-refractivity contribution in [2.24, 2.45) is 22.2 Å². The maximum atomic E-state index is 5.99. The number of guanidine groups is 1. The van der Waals surface area contributed by atoms with Gasteiger partial charge in [0, 0.05) is 49.6 Å². The standard InChI is InChI=1S/C17H31N3O2/c1-4-18-16(19-10-12-7-9-21-11-12)20-14-13-6-5-8-22-15(13)17(14,2)3/h12-15H,4-11H2,1-3H3,(H2,18,19,20). The zero-order valence-electron chi connectivity index (χ0n) is 14.2. The normalized spacial score (nSPS) is 37.3. The first kappa shape index (κ1) is 16.1. The maximum Gasteiger partial charge on any atom is 0.191 e. The quantitative estimate of drug-likeness (QED) is 0.614. The lowest BCUT2D eigenvalue weighted by Crippen LogP contribution is -2.71. The largest absolute Gasteiger partial charge is 0.381 e. The van der Waals surface area contributed by atoms with Crippen molar-refractivity contribution in [1.29, 1.82) is 0 Å². The molecule has 0 bridgehead atoms. The van der Waals surface area contributed by atoms with Gasteiger partial charge < -0.3 is 20.1 Å². The van der Waals surface area contributed by atoms with Gasteiger partial charge in [0.2, 0.25) is 0 Å². The monoisotopic (exact) mass is 309 g/mol. The topological polar surface area (TPSA) is 54.9 Å². The summed E-state index contributed by atoms with van der Waals surface area (Å²) < 4.78 is 11.4. The summed E-state index contributed by atoms with van der Waals surface area (Å²) in [6.07, 6.45) is 3.99. The summed E-state index contributed by atoms with van der Waals surface area (Å²) in [7, 11) is 0. The molecule has 0 radical (unpaired) electrons. The van der Waals surface area contributed by atoms with Gasteiger partial charge in [0.1, 0.15) is 0 Å². The third-order valence-electron chi connectivity index (χ3n) is 5.50. The highest BCUT2D eigenvalue weighted by molar-refractivity contribution is 5.80. The lowest BCUT2D eigenvalue weighted by atomic mass is 9.55. The van der Waals surface area contributed by atoms with Crippen LogP contribution >= 0.6 is 0 Å². The minimum absolute atomic E-state index is 0.178. The van der Waals surface area contributed by atoms with Crippen LogP contribution in [-0.2, 0) is 9.47 Å². The summed E-state index contributed by atoms with van der Waals surface area (Å²) >= 11 is 0. The molecular weight excluding hydrogens is 278 g/mol. The molecule has 0 amide bonds. The van der Waals surface area contributed by atoms with Gasteiger partial charge in [-0.05, 0) is 26.2 Å². The molecule has 4 atom stereocenters. The van der Waals surface area contributed by atoms with Gasteiger partial charge in [-0.2, -0.15) is 0 Å². The van der Waals surface area contributed by atoms with Crippen LogP contribution in [0.3, 0.4) is 0 Å². The molecule has 0 aromatic carbocycles. The van der Waals surface area contributed by atoms with Crippen molar-refractivity contribution in [3.63, 3.8) is 0 Å². The van der Waals surface area contributed by atoms with Crippen LogP contribution < -0.4 is 10.6 Å². The zero-order valence-corrected chi connectivity index (χ0v) is 14.2. The number of nitrogens with zero attached hydrogens (tertiary/aromatic N) is 1. The Balaban J connectivity index is 1.61. The number of ether oxygens (including phenoxy) is 2. The molecule has 3 rings (SSSR count). The van der Waals surface area contributed by atoms with E-state index in [1.165, 1.54) is 12.8 Å². The van der Waals surface area contributed by atoms with Gasteiger partial charge in [-0.1, -0.05) is 13.8 Å². The first-order chi connectivity index (χ1) is 10.6. The van der Waals surface area contributed by atoms with Crippen LogP contribution in [0, 0.1) is 17.3 Å². The van der Waals surface area contributed by atoms with Gasteiger partial charge in [-0.15, -0.1) is 0 Å². The molecule has 2 saturated heterocycles. The first-order valence-corrected chi connectivity index (χ1v) is 8.87. The van der Waals surface area contributed by atoms with Gasteiger partial charge in [0.05, 0.1) is 12.7 Å². The molecule has 4 unspecified atom stereocenters. The lowest BCUT2D eigenvalue weighted by molar-refractivity contribution is -0.188. The molecule has 0 spiro atoms. The van der Waals surface area contributed by atoms with Crippen LogP contribution in [-0.4, -0.2) is 51.0 Å². The van der Waals surface area contributed by atoms with Crippen molar-refractivity contribution >= 4 is 5.96 Å². The molecule has 0 aromatic rings. The van der Waals surface area contributed by atoms with Gasteiger partial charge in [-0.3, -0.25) is 4.99 Å². The Kier molecular flexibility index (Phi) is 4.93. The van der Waals surface area contributed by atoms with E-state index in [1.807, 2.05) is 0 Å². The van der Waals surface area contributed by atoms with Crippen LogP contribution in [0.2, 0.25) is 0 Å². The smallest absolute Gasteiger partial charge is 0.191 e. The van der Waals surface area contributed by atoms with Crippen LogP contribution in [0.5, 0.6) is 0 Å². The van der Waals surface area contributed by atoms with E-state index in [0.29, 0.717) is 24.0 Å². The van der Waals surface area contributed by atoms with Gasteiger partial charge >= 0.3 is 0 Å². The number of rotatable bonds is 4. The summed E-state index contributed by atoms with van der Waals surface area (Å²) in [6, 6.07) is 0.454. The van der Waals surface area contributed by atoms with Crippen molar-refractivity contribution in [1.82, 2.24) is 10.6 Å². The number of nitrogens with one attached hydrogen (secondary N) is 2. The van der Waals surface area contributed by atoms with E-state index in [2.05, 4.69) is 31.4 Å². The molecule has 2 N–H and O–H groups in total. The van der Waals surface area contributed by atoms with Gasteiger partial charge in [-0.25, -0.2) is 0 Å². The maximum absolute atomic E-state index is 5.99. The van der Waals surface area contributed by atoms with Crippen LogP contribution in [0.25, 0.3) is 0 Å². The summed E-state index contributed by atoms with van der Waals surface area (Å²) in [5.74, 6) is 2.16. The fraction of sp³-hybridized carbons (Fsp3) is 0.941. The van der Waals surface area contributed by atoms with E-state index in [9.17, 15) is 0 Å². The molecule has 126 valence electrons. The van der Waals surface area contributed by atoms with Crippen molar-refractivity contribution in [3.05, 3.63) is 0 Å². The fourth-order valence-electron chi connectivity index (χ4n) is 4.23. The first-order valence-electron chi connectivity index (χ1n) is 8.87. The van der Waals surface area contributed by atoms with E-state index >= 15 is 0 Å². The second kappa shape index (κ2) is 6.75. The van der Waals surface area contributed by atoms with Gasteiger partial charge in [0.25, 0.3) is 0 Å². The average molecular weight is 309 g/mol. The molecule has 2 aliphatic heterocycles. The molecule has 3 fully saturated rings. The Hall–Kier alpha value is -0.810. The highest BCUT2D eigenvalue weighted by Crippen LogP contribution is 2.51. The Morgan fingerprint density at radius 3 is 2.86 bits per heavy atom. The minimum atomic E-state index is 0.178. The molecule has 5 nitrogen and oxygen atoms in total. The highest BCUT2D eigenvalue weighted by atomic mass is 16.5. The number of hydrogen-bond donors (Lipinski definition) is 2. The predicted octanol–water partition coefficient (Wildman–Crippen LogP) is 1.78. The second-order valence-electron chi connectivity index (χ2n) is 7.49. The molecule has 1 aliphatic carbocycles. The summed E-state index contributed by atoms with van der Waals surface area (Å²) in [4.78, 5) is 4.79. The number of fused-ring (bicyclic) bond motifs is 1. The lowest BCUT2D eigenvalue weighted by Gasteiger charge is -2.60. The predicted molar refractivity (Wildman–Crippen MR) is 88.1 cm³/mol. The van der Waals surface area contributed by atoms with Crippen LogP contribution in [0.15, 0.2) is 4.99 Å². The zero-order chi connectivity index (χ0) is 15.6. The van der Waals surface area contributed by atoms with Crippen molar-refractivity contribution in [2.45, 2.75) is 52.2 Å². The highest BCUT2D eigenvalue weighted by Gasteiger charge is 2.58. The average Bonchev–Trinajstić information content (AvgIpc) is 3.03. The second-order valence-corrected chi connectivity index (χ2v) is 7.49. The van der Waals surface area contributed by atoms with Crippen molar-refractivity contribution < 1.29 is 9.47 Å².